The van der Waals surface area contributed by atoms with Crippen LogP contribution >= 0.6 is 0 Å². The Morgan fingerprint density at radius 3 is 2.27 bits per heavy atom. The molecule has 0 fully saturated rings. The third kappa shape index (κ3) is 6.28. The van der Waals surface area contributed by atoms with E-state index in [0.717, 1.165) is 13.1 Å². The van der Waals surface area contributed by atoms with E-state index in [4.69, 9.17) is 0 Å². The third-order valence-electron chi connectivity index (χ3n) is 1.56. The average molecular weight is 172 g/mol. The Morgan fingerprint density at radius 1 is 1.36 bits per heavy atom. The minimum Gasteiger partial charge on any atom is -0.306 e. The van der Waals surface area contributed by atoms with Gasteiger partial charge in [-0.3, -0.25) is 0 Å². The van der Waals surface area contributed by atoms with Crippen molar-refractivity contribution < 1.29 is 0 Å². The molecule has 2 nitrogen and oxygen atoms in total. The van der Waals surface area contributed by atoms with E-state index in [2.05, 4.69) is 31.1 Å². The van der Waals surface area contributed by atoms with Crippen molar-refractivity contribution in [1.82, 2.24) is 10.6 Å². The highest BCUT2D eigenvalue weighted by molar-refractivity contribution is 6.38. The first kappa shape index (κ1) is 10.9. The van der Waals surface area contributed by atoms with Crippen molar-refractivity contribution >= 4 is 9.52 Å². The Bertz CT molecular complexity index is 90.1. The van der Waals surface area contributed by atoms with Crippen molar-refractivity contribution in [3.8, 4) is 0 Å². The fraction of sp³-hybridized carbons (Fsp3) is 0.750. The summed E-state index contributed by atoms with van der Waals surface area (Å²) in [7, 11) is -0.0370. The normalized spacial score (nSPS) is 11.5. The zero-order chi connectivity index (χ0) is 8.53. The van der Waals surface area contributed by atoms with Crippen molar-refractivity contribution in [3.63, 3.8) is 0 Å². The second-order valence-electron chi connectivity index (χ2n) is 2.53. The number of rotatable bonds is 7. The van der Waals surface area contributed by atoms with Gasteiger partial charge in [-0.1, -0.05) is 19.9 Å². The summed E-state index contributed by atoms with van der Waals surface area (Å²) >= 11 is 0. The van der Waals surface area contributed by atoms with Gasteiger partial charge in [0.15, 0.2) is 0 Å². The lowest BCUT2D eigenvalue weighted by Gasteiger charge is -2.16. The summed E-state index contributed by atoms with van der Waals surface area (Å²) in [6.45, 7) is 10.1. The molecule has 0 radical (unpaired) electrons. The van der Waals surface area contributed by atoms with Crippen LogP contribution in [0, 0.1) is 0 Å². The van der Waals surface area contributed by atoms with Gasteiger partial charge in [0.1, 0.15) is 0 Å². The third-order valence-corrected chi connectivity index (χ3v) is 3.46. The molecule has 0 spiro atoms. The lowest BCUT2D eigenvalue weighted by molar-refractivity contribution is 0.558. The average Bonchev–Trinajstić information content (AvgIpc) is 2.01. The van der Waals surface area contributed by atoms with Crippen LogP contribution in [0.2, 0.25) is 6.04 Å². The summed E-state index contributed by atoms with van der Waals surface area (Å²) in [5.41, 5.74) is 0. The Kier molecular flexibility index (Phi) is 7.89. The zero-order valence-corrected chi connectivity index (χ0v) is 9.10. The molecule has 0 aromatic rings. The summed E-state index contributed by atoms with van der Waals surface area (Å²) in [6, 6.07) is 1.21. The van der Waals surface area contributed by atoms with Crippen LogP contribution in [0.15, 0.2) is 12.7 Å². The van der Waals surface area contributed by atoms with Gasteiger partial charge in [0, 0.05) is 5.79 Å². The van der Waals surface area contributed by atoms with E-state index in [9.17, 15) is 0 Å². The summed E-state index contributed by atoms with van der Waals surface area (Å²) in [6.07, 6.45) is 2.02. The molecule has 0 aromatic heterocycles. The molecule has 3 heteroatoms. The van der Waals surface area contributed by atoms with E-state index < -0.39 is 0 Å². The van der Waals surface area contributed by atoms with Gasteiger partial charge in [-0.15, -0.1) is 6.58 Å². The molecule has 0 amide bonds. The van der Waals surface area contributed by atoms with Crippen LogP contribution in [0.1, 0.15) is 13.8 Å². The predicted octanol–water partition coefficient (Wildman–Crippen LogP) is 0.262. The van der Waals surface area contributed by atoms with Gasteiger partial charge in [0.25, 0.3) is 0 Å². The van der Waals surface area contributed by atoms with Gasteiger partial charge in [-0.25, -0.2) is 0 Å². The minimum absolute atomic E-state index is 0.0370. The lowest BCUT2D eigenvalue weighted by Crippen LogP contribution is -2.46. The van der Waals surface area contributed by atoms with E-state index in [1.54, 1.807) is 0 Å². The summed E-state index contributed by atoms with van der Waals surface area (Å²) < 4.78 is 0. The molecular weight excluding hydrogens is 152 g/mol. The molecule has 0 saturated heterocycles. The molecule has 11 heavy (non-hydrogen) atoms. The van der Waals surface area contributed by atoms with Crippen LogP contribution in [0.25, 0.3) is 0 Å². The maximum absolute atomic E-state index is 3.73. The Balaban J connectivity index is 3.41. The summed E-state index contributed by atoms with van der Waals surface area (Å²) in [4.78, 5) is 0. The largest absolute Gasteiger partial charge is 0.306 e. The molecule has 66 valence electrons. The first-order chi connectivity index (χ1) is 5.35. The van der Waals surface area contributed by atoms with Gasteiger partial charge in [-0.05, 0) is 19.1 Å². The maximum Gasteiger partial charge on any atom is 0.0623 e. The van der Waals surface area contributed by atoms with Crippen LogP contribution in [0.5, 0.6) is 0 Å². The SMILES string of the molecule is C=CC[SiH2]C(NCC)NCC. The highest BCUT2D eigenvalue weighted by Gasteiger charge is 2.02. The van der Waals surface area contributed by atoms with Crippen molar-refractivity contribution in [2.45, 2.75) is 25.7 Å². The molecule has 0 atom stereocenters. The molecular formula is C8H20N2Si. The van der Waals surface area contributed by atoms with Gasteiger partial charge in [0.2, 0.25) is 0 Å². The van der Waals surface area contributed by atoms with Crippen molar-refractivity contribution in [1.29, 1.82) is 0 Å². The van der Waals surface area contributed by atoms with E-state index in [1.165, 1.54) is 6.04 Å². The smallest absolute Gasteiger partial charge is 0.0623 e. The van der Waals surface area contributed by atoms with Gasteiger partial charge in [0.05, 0.1) is 9.52 Å². The first-order valence-electron chi connectivity index (χ1n) is 4.42. The lowest BCUT2D eigenvalue weighted by atomic mass is 10.7. The molecule has 0 rings (SSSR count). The number of nitrogens with one attached hydrogen (secondary N) is 2. The second kappa shape index (κ2) is 7.98. The monoisotopic (exact) mass is 172 g/mol. The minimum atomic E-state index is -0.0370. The summed E-state index contributed by atoms with van der Waals surface area (Å²) in [5.74, 6) is 0.600. The van der Waals surface area contributed by atoms with Crippen molar-refractivity contribution in [2.24, 2.45) is 0 Å². The van der Waals surface area contributed by atoms with Gasteiger partial charge in [-0.2, -0.15) is 0 Å². The predicted molar refractivity (Wildman–Crippen MR) is 54.7 cm³/mol. The van der Waals surface area contributed by atoms with Crippen LogP contribution in [-0.2, 0) is 0 Å². The summed E-state index contributed by atoms with van der Waals surface area (Å²) in [5, 5.41) is 6.84. The number of hydrogen-bond acceptors (Lipinski definition) is 2. The first-order valence-corrected chi connectivity index (χ1v) is 6.24. The van der Waals surface area contributed by atoms with E-state index in [-0.39, 0.29) is 9.52 Å². The number of hydrogen-bond donors (Lipinski definition) is 2. The molecule has 0 heterocycles. The molecule has 0 aliphatic carbocycles. The van der Waals surface area contributed by atoms with Crippen LogP contribution < -0.4 is 10.6 Å². The molecule has 0 aliphatic heterocycles. The molecule has 2 N–H and O–H groups in total. The topological polar surface area (TPSA) is 24.1 Å². The van der Waals surface area contributed by atoms with Crippen LogP contribution in [-0.4, -0.2) is 28.4 Å². The highest BCUT2D eigenvalue weighted by atomic mass is 28.2. The van der Waals surface area contributed by atoms with Gasteiger partial charge >= 0.3 is 0 Å². The Labute approximate surface area is 72.3 Å². The quantitative estimate of drug-likeness (QED) is 0.327. The fourth-order valence-corrected chi connectivity index (χ4v) is 2.61. The second-order valence-corrected chi connectivity index (χ2v) is 4.51. The van der Waals surface area contributed by atoms with E-state index >= 15 is 0 Å². The molecule has 0 unspecified atom stereocenters. The van der Waals surface area contributed by atoms with Gasteiger partial charge < -0.3 is 10.6 Å². The van der Waals surface area contributed by atoms with Crippen LogP contribution in [0.4, 0.5) is 0 Å². The molecule has 0 saturated carbocycles. The number of allylic oxidation sites excluding steroid dienone is 1. The zero-order valence-electron chi connectivity index (χ0n) is 7.69. The Morgan fingerprint density at radius 2 is 1.91 bits per heavy atom. The molecule has 0 aliphatic rings. The Hall–Kier alpha value is -0.123. The maximum atomic E-state index is 3.73. The van der Waals surface area contributed by atoms with Crippen molar-refractivity contribution in [3.05, 3.63) is 12.7 Å². The highest BCUT2D eigenvalue weighted by Crippen LogP contribution is 1.83. The van der Waals surface area contributed by atoms with Crippen LogP contribution in [0.3, 0.4) is 0 Å². The molecule has 0 aromatic carbocycles. The van der Waals surface area contributed by atoms with Crippen molar-refractivity contribution in [2.75, 3.05) is 13.1 Å². The van der Waals surface area contributed by atoms with E-state index in [0.29, 0.717) is 5.79 Å². The standard InChI is InChI=1S/C8H20N2Si/c1-4-7-11-8(9-5-2)10-6-3/h4,8-10H,1,5-7,11H2,2-3H3. The van der Waals surface area contributed by atoms with E-state index in [1.807, 2.05) is 6.08 Å². The molecule has 0 bridgehead atoms. The fourth-order valence-electron chi connectivity index (χ4n) is 1.05.